The van der Waals surface area contributed by atoms with Crippen molar-refractivity contribution in [2.75, 3.05) is 36.0 Å². The fourth-order valence-corrected chi connectivity index (χ4v) is 3.14. The molecule has 0 amide bonds. The molecule has 0 saturated carbocycles. The van der Waals surface area contributed by atoms with Gasteiger partial charge in [0.25, 0.3) is 0 Å². The summed E-state index contributed by atoms with van der Waals surface area (Å²) in [5.41, 5.74) is 3.32. The molecule has 3 rings (SSSR count). The van der Waals surface area contributed by atoms with Crippen LogP contribution < -0.4 is 9.80 Å². The molecule has 2 aliphatic rings. The van der Waals surface area contributed by atoms with Gasteiger partial charge in [0.05, 0.1) is 11.4 Å². The lowest BCUT2D eigenvalue weighted by molar-refractivity contribution is 0.474. The van der Waals surface area contributed by atoms with Crippen LogP contribution in [-0.4, -0.2) is 31.3 Å². The molecule has 0 aliphatic carbocycles. The molecule has 2 aliphatic heterocycles. The Balaban J connectivity index is 1.98. The van der Waals surface area contributed by atoms with Crippen molar-refractivity contribution in [2.45, 2.75) is 32.6 Å². The highest BCUT2D eigenvalue weighted by atomic mass is 16.3. The molecular weight excluding hydrogens is 224 g/mol. The van der Waals surface area contributed by atoms with Crippen molar-refractivity contribution >= 4 is 11.4 Å². The van der Waals surface area contributed by atoms with Gasteiger partial charge < -0.3 is 14.9 Å². The zero-order valence-electron chi connectivity index (χ0n) is 11.2. The topological polar surface area (TPSA) is 26.7 Å². The first kappa shape index (κ1) is 11.7. The molecule has 0 radical (unpaired) electrons. The highest BCUT2D eigenvalue weighted by Crippen LogP contribution is 2.40. The first-order valence-electron chi connectivity index (χ1n) is 7.09. The maximum atomic E-state index is 10.6. The van der Waals surface area contributed by atoms with Crippen LogP contribution in [0.5, 0.6) is 5.75 Å². The molecule has 2 heterocycles. The Labute approximate surface area is 109 Å². The third-order valence-electron chi connectivity index (χ3n) is 4.11. The van der Waals surface area contributed by atoms with E-state index in [0.29, 0.717) is 5.75 Å². The van der Waals surface area contributed by atoms with Crippen molar-refractivity contribution in [3.63, 3.8) is 0 Å². The minimum Gasteiger partial charge on any atom is -0.504 e. The normalized spacial score (nSPS) is 19.8. The predicted octanol–water partition coefficient (Wildman–Crippen LogP) is 2.90. The molecule has 3 heteroatoms. The Morgan fingerprint density at radius 1 is 0.833 bits per heavy atom. The lowest BCUT2D eigenvalue weighted by atomic mass is 10.1. The molecule has 1 aromatic carbocycles. The van der Waals surface area contributed by atoms with Crippen molar-refractivity contribution in [1.29, 1.82) is 0 Å². The van der Waals surface area contributed by atoms with E-state index in [-0.39, 0.29) is 0 Å². The zero-order valence-corrected chi connectivity index (χ0v) is 11.2. The van der Waals surface area contributed by atoms with Crippen LogP contribution in [0.25, 0.3) is 0 Å². The van der Waals surface area contributed by atoms with Crippen molar-refractivity contribution < 1.29 is 5.11 Å². The Hall–Kier alpha value is -1.38. The molecule has 0 unspecified atom stereocenters. The smallest absolute Gasteiger partial charge is 0.162 e. The molecule has 0 aromatic heterocycles. The van der Waals surface area contributed by atoms with Gasteiger partial charge in [-0.05, 0) is 50.3 Å². The van der Waals surface area contributed by atoms with Crippen LogP contribution in [0, 0.1) is 6.92 Å². The largest absolute Gasteiger partial charge is 0.504 e. The first-order chi connectivity index (χ1) is 8.75. The summed E-state index contributed by atoms with van der Waals surface area (Å²) in [6.45, 7) is 6.44. The highest BCUT2D eigenvalue weighted by molar-refractivity contribution is 5.74. The van der Waals surface area contributed by atoms with E-state index in [1.165, 1.54) is 31.2 Å². The number of nitrogens with zero attached hydrogens (tertiary/aromatic N) is 2. The van der Waals surface area contributed by atoms with Crippen LogP contribution in [0.3, 0.4) is 0 Å². The SMILES string of the molecule is Cc1cc(N2CCCC2)c(O)c(N2CCCC2)c1. The summed E-state index contributed by atoms with van der Waals surface area (Å²) < 4.78 is 0. The number of benzene rings is 1. The van der Waals surface area contributed by atoms with E-state index in [1.54, 1.807) is 0 Å². The number of phenols is 1. The number of aromatic hydroxyl groups is 1. The monoisotopic (exact) mass is 246 g/mol. The van der Waals surface area contributed by atoms with Gasteiger partial charge in [-0.2, -0.15) is 0 Å². The van der Waals surface area contributed by atoms with Gasteiger partial charge in [0.2, 0.25) is 0 Å². The molecule has 1 aromatic rings. The molecule has 18 heavy (non-hydrogen) atoms. The first-order valence-corrected chi connectivity index (χ1v) is 7.09. The number of hydrogen-bond acceptors (Lipinski definition) is 3. The third-order valence-corrected chi connectivity index (χ3v) is 4.11. The van der Waals surface area contributed by atoms with Crippen molar-refractivity contribution in [1.82, 2.24) is 0 Å². The molecule has 3 nitrogen and oxygen atoms in total. The van der Waals surface area contributed by atoms with E-state index in [1.807, 2.05) is 0 Å². The highest BCUT2D eigenvalue weighted by Gasteiger charge is 2.22. The zero-order chi connectivity index (χ0) is 12.5. The molecule has 0 atom stereocenters. The Morgan fingerprint density at radius 3 is 1.61 bits per heavy atom. The maximum absolute atomic E-state index is 10.6. The van der Waals surface area contributed by atoms with Crippen LogP contribution in [0.4, 0.5) is 11.4 Å². The molecule has 2 fully saturated rings. The van der Waals surface area contributed by atoms with Crippen LogP contribution in [0.2, 0.25) is 0 Å². The number of anilines is 2. The number of hydrogen-bond donors (Lipinski definition) is 1. The Bertz CT molecular complexity index is 395. The van der Waals surface area contributed by atoms with Crippen LogP contribution >= 0.6 is 0 Å². The second-order valence-electron chi connectivity index (χ2n) is 5.54. The second-order valence-corrected chi connectivity index (χ2v) is 5.54. The molecule has 2 saturated heterocycles. The Kier molecular flexibility index (Phi) is 3.06. The summed E-state index contributed by atoms with van der Waals surface area (Å²) in [6.07, 6.45) is 4.97. The summed E-state index contributed by atoms with van der Waals surface area (Å²) >= 11 is 0. The summed E-state index contributed by atoms with van der Waals surface area (Å²) in [7, 11) is 0. The molecular formula is C15H22N2O. The van der Waals surface area contributed by atoms with Gasteiger partial charge in [0.15, 0.2) is 5.75 Å². The molecule has 0 bridgehead atoms. The lowest BCUT2D eigenvalue weighted by Gasteiger charge is -2.25. The number of aryl methyl sites for hydroxylation is 1. The van der Waals surface area contributed by atoms with E-state index in [9.17, 15) is 5.11 Å². The van der Waals surface area contributed by atoms with Gasteiger partial charge in [0.1, 0.15) is 0 Å². The van der Waals surface area contributed by atoms with E-state index in [0.717, 1.165) is 37.6 Å². The maximum Gasteiger partial charge on any atom is 0.162 e. The summed E-state index contributed by atoms with van der Waals surface area (Å²) in [5, 5.41) is 10.6. The average Bonchev–Trinajstić information content (AvgIpc) is 3.02. The predicted molar refractivity (Wildman–Crippen MR) is 75.7 cm³/mol. The molecule has 0 spiro atoms. The molecule has 1 N–H and O–H groups in total. The number of rotatable bonds is 2. The Morgan fingerprint density at radius 2 is 1.22 bits per heavy atom. The number of phenolic OH excluding ortho intramolecular Hbond substituents is 1. The lowest BCUT2D eigenvalue weighted by Crippen LogP contribution is -2.21. The van der Waals surface area contributed by atoms with Crippen LogP contribution in [0.1, 0.15) is 31.2 Å². The van der Waals surface area contributed by atoms with E-state index < -0.39 is 0 Å². The minimum atomic E-state index is 0.490. The summed E-state index contributed by atoms with van der Waals surface area (Å²) in [4.78, 5) is 4.64. The van der Waals surface area contributed by atoms with Gasteiger partial charge in [-0.3, -0.25) is 0 Å². The fraction of sp³-hybridized carbons (Fsp3) is 0.600. The van der Waals surface area contributed by atoms with Gasteiger partial charge in [0, 0.05) is 26.2 Å². The van der Waals surface area contributed by atoms with Crippen LogP contribution in [0.15, 0.2) is 12.1 Å². The third kappa shape index (κ3) is 2.02. The quantitative estimate of drug-likeness (QED) is 0.869. The van der Waals surface area contributed by atoms with Gasteiger partial charge >= 0.3 is 0 Å². The molecule has 98 valence electrons. The van der Waals surface area contributed by atoms with Crippen molar-refractivity contribution in [2.24, 2.45) is 0 Å². The minimum absolute atomic E-state index is 0.490. The van der Waals surface area contributed by atoms with Crippen LogP contribution in [-0.2, 0) is 0 Å². The van der Waals surface area contributed by atoms with E-state index in [4.69, 9.17) is 0 Å². The standard InChI is InChI=1S/C15H22N2O/c1-12-10-13(16-6-2-3-7-16)15(18)14(11-12)17-8-4-5-9-17/h10-11,18H,2-9H2,1H3. The fourth-order valence-electron chi connectivity index (χ4n) is 3.14. The average molecular weight is 246 g/mol. The summed E-state index contributed by atoms with van der Waals surface area (Å²) in [5.74, 6) is 0.490. The summed E-state index contributed by atoms with van der Waals surface area (Å²) in [6, 6.07) is 4.25. The van der Waals surface area contributed by atoms with Gasteiger partial charge in [-0.15, -0.1) is 0 Å². The van der Waals surface area contributed by atoms with E-state index in [2.05, 4.69) is 28.9 Å². The van der Waals surface area contributed by atoms with Gasteiger partial charge in [-0.25, -0.2) is 0 Å². The van der Waals surface area contributed by atoms with Crippen molar-refractivity contribution in [3.8, 4) is 5.75 Å². The second kappa shape index (κ2) is 4.71. The van der Waals surface area contributed by atoms with Gasteiger partial charge in [-0.1, -0.05) is 0 Å². The van der Waals surface area contributed by atoms with E-state index >= 15 is 0 Å². The van der Waals surface area contributed by atoms with Crippen molar-refractivity contribution in [3.05, 3.63) is 17.7 Å².